The molecule has 3 N–H and O–H groups in total. The minimum atomic E-state index is -0.973. The van der Waals surface area contributed by atoms with Crippen molar-refractivity contribution in [3.63, 3.8) is 0 Å². The smallest absolute Gasteiger partial charge is 0.328 e. The van der Waals surface area contributed by atoms with Crippen LogP contribution in [0, 0.1) is 13.8 Å². The van der Waals surface area contributed by atoms with Crippen LogP contribution in [0.25, 0.3) is 10.9 Å². The van der Waals surface area contributed by atoms with E-state index in [0.29, 0.717) is 38.1 Å². The lowest BCUT2D eigenvalue weighted by Crippen LogP contribution is -2.36. The third kappa shape index (κ3) is 5.15. The maximum Gasteiger partial charge on any atom is 0.328 e. The first-order chi connectivity index (χ1) is 17.2. The summed E-state index contributed by atoms with van der Waals surface area (Å²) in [5.41, 5.74) is 5.67. The first-order valence-electron chi connectivity index (χ1n) is 10.8. The number of aromatic nitrogens is 1. The minimum absolute atomic E-state index is 0.0542. The number of methoxy groups -OCH3 is 1. The fraction of sp³-hybridized carbons (Fsp3) is 0.115. The van der Waals surface area contributed by atoms with Gasteiger partial charge in [-0.05, 0) is 61.4 Å². The fourth-order valence-electron chi connectivity index (χ4n) is 3.71. The molecule has 0 aliphatic rings. The molecule has 4 aromatic rings. The number of hydrogen-bond acceptors (Lipinski definition) is 4. The van der Waals surface area contributed by atoms with Crippen molar-refractivity contribution in [1.29, 1.82) is 0 Å². The Labute approximate surface area is 217 Å². The second kappa shape index (κ2) is 10.3. The molecule has 1 heterocycles. The molecule has 8 nitrogen and oxygen atoms in total. The molecule has 0 aliphatic carbocycles. The van der Waals surface area contributed by atoms with E-state index in [0.717, 1.165) is 11.1 Å². The van der Waals surface area contributed by atoms with Gasteiger partial charge in [0, 0.05) is 26.8 Å². The van der Waals surface area contributed by atoms with Crippen molar-refractivity contribution < 1.29 is 19.1 Å². The number of para-hydroxylation sites is 1. The summed E-state index contributed by atoms with van der Waals surface area (Å²) in [5.74, 6) is -2.04. The lowest BCUT2D eigenvalue weighted by atomic mass is 10.1. The Kier molecular flexibility index (Phi) is 7.19. The highest BCUT2D eigenvalue weighted by Gasteiger charge is 2.23. The molecule has 0 unspecified atom stereocenters. The number of benzene rings is 3. The molecule has 0 bridgehead atoms. The van der Waals surface area contributed by atoms with E-state index in [2.05, 4.69) is 16.1 Å². The van der Waals surface area contributed by atoms with Crippen LogP contribution in [0.15, 0.2) is 60.7 Å². The van der Waals surface area contributed by atoms with Crippen molar-refractivity contribution in [2.75, 3.05) is 23.2 Å². The van der Waals surface area contributed by atoms with Crippen LogP contribution in [-0.2, 0) is 9.59 Å². The molecule has 4 rings (SSSR count). The Morgan fingerprint density at radius 2 is 1.56 bits per heavy atom. The van der Waals surface area contributed by atoms with Crippen molar-refractivity contribution in [1.82, 2.24) is 4.68 Å². The molecule has 3 amide bonds. The summed E-state index contributed by atoms with van der Waals surface area (Å²) in [4.78, 5) is 38.9. The molecule has 184 valence electrons. The number of anilines is 2. The van der Waals surface area contributed by atoms with Gasteiger partial charge < -0.3 is 15.4 Å². The second-order valence-corrected chi connectivity index (χ2v) is 8.89. The van der Waals surface area contributed by atoms with Gasteiger partial charge >= 0.3 is 11.8 Å². The predicted molar refractivity (Wildman–Crippen MR) is 142 cm³/mol. The maximum atomic E-state index is 13.2. The quantitative estimate of drug-likeness (QED) is 0.298. The highest BCUT2D eigenvalue weighted by Crippen LogP contribution is 2.29. The number of nitrogens with zero attached hydrogens (tertiary/aromatic N) is 1. The molecular formula is C26H22Cl2N4O4. The molecule has 36 heavy (non-hydrogen) atoms. The molecule has 10 heteroatoms. The molecule has 0 saturated heterocycles. The van der Waals surface area contributed by atoms with Gasteiger partial charge in [0.1, 0.15) is 17.0 Å². The topological polar surface area (TPSA) is 101 Å². The van der Waals surface area contributed by atoms with Crippen LogP contribution in [0.3, 0.4) is 0 Å². The normalized spacial score (nSPS) is 10.7. The van der Waals surface area contributed by atoms with E-state index in [1.54, 1.807) is 36.4 Å². The zero-order valence-electron chi connectivity index (χ0n) is 19.6. The van der Waals surface area contributed by atoms with E-state index in [9.17, 15) is 14.4 Å². The van der Waals surface area contributed by atoms with Gasteiger partial charge in [-0.1, -0.05) is 47.5 Å². The molecule has 3 aromatic carbocycles. The largest absolute Gasteiger partial charge is 0.494 e. The van der Waals surface area contributed by atoms with Gasteiger partial charge in [0.15, 0.2) is 0 Å². The Bertz CT molecular complexity index is 1490. The average Bonchev–Trinajstić information content (AvgIpc) is 3.20. The third-order valence-electron chi connectivity index (χ3n) is 5.63. The van der Waals surface area contributed by atoms with Crippen LogP contribution in [0.2, 0.25) is 10.0 Å². The molecule has 0 fully saturated rings. The summed E-state index contributed by atoms with van der Waals surface area (Å²) in [6.07, 6.45) is 0. The summed E-state index contributed by atoms with van der Waals surface area (Å²) < 4.78 is 6.66. The zero-order chi connectivity index (χ0) is 26.0. The maximum absolute atomic E-state index is 13.2. The molecule has 0 saturated carbocycles. The van der Waals surface area contributed by atoms with Gasteiger partial charge in [-0.15, -0.1) is 0 Å². The van der Waals surface area contributed by atoms with Gasteiger partial charge in [-0.2, -0.15) is 0 Å². The van der Waals surface area contributed by atoms with E-state index in [4.69, 9.17) is 27.9 Å². The van der Waals surface area contributed by atoms with E-state index in [-0.39, 0.29) is 5.69 Å². The summed E-state index contributed by atoms with van der Waals surface area (Å²) in [6.45, 7) is 3.75. The third-order valence-corrected chi connectivity index (χ3v) is 6.07. The van der Waals surface area contributed by atoms with Crippen molar-refractivity contribution in [3.8, 4) is 5.75 Å². The van der Waals surface area contributed by atoms with Crippen molar-refractivity contribution in [2.24, 2.45) is 0 Å². The first-order valence-corrected chi connectivity index (χ1v) is 11.6. The average molecular weight is 525 g/mol. The fourth-order valence-corrected chi connectivity index (χ4v) is 4.24. The predicted octanol–water partition coefficient (Wildman–Crippen LogP) is 5.53. The van der Waals surface area contributed by atoms with Crippen LogP contribution in [0.5, 0.6) is 5.75 Å². The molecule has 1 aromatic heterocycles. The number of ether oxygens (including phenoxy) is 1. The molecule has 0 spiro atoms. The number of amides is 3. The number of carbonyl (C=O) groups is 3. The van der Waals surface area contributed by atoms with Crippen molar-refractivity contribution in [2.45, 2.75) is 13.8 Å². The van der Waals surface area contributed by atoms with Gasteiger partial charge in [0.2, 0.25) is 0 Å². The monoisotopic (exact) mass is 524 g/mol. The number of fused-ring (bicyclic) bond motifs is 1. The number of hydrogen-bond donors (Lipinski definition) is 3. The summed E-state index contributed by atoms with van der Waals surface area (Å²) in [7, 11) is 1.47. The summed E-state index contributed by atoms with van der Waals surface area (Å²) in [5, 5.41) is 6.63. The van der Waals surface area contributed by atoms with Gasteiger partial charge in [0.25, 0.3) is 5.91 Å². The van der Waals surface area contributed by atoms with Crippen molar-refractivity contribution >= 4 is 63.2 Å². The zero-order valence-corrected chi connectivity index (χ0v) is 21.1. The van der Waals surface area contributed by atoms with Crippen LogP contribution in [0.1, 0.15) is 21.6 Å². The lowest BCUT2D eigenvalue weighted by Gasteiger charge is -2.15. The second-order valence-electron chi connectivity index (χ2n) is 8.02. The van der Waals surface area contributed by atoms with Crippen molar-refractivity contribution in [3.05, 3.63) is 87.5 Å². The van der Waals surface area contributed by atoms with Gasteiger partial charge in [-0.3, -0.25) is 19.8 Å². The van der Waals surface area contributed by atoms with E-state index in [1.807, 2.05) is 19.9 Å². The van der Waals surface area contributed by atoms with Gasteiger partial charge in [-0.25, -0.2) is 4.68 Å². The van der Waals surface area contributed by atoms with E-state index in [1.165, 1.54) is 30.0 Å². The van der Waals surface area contributed by atoms with Crippen LogP contribution in [0.4, 0.5) is 11.4 Å². The number of nitrogens with one attached hydrogen (secondary N) is 3. The Morgan fingerprint density at radius 3 is 2.25 bits per heavy atom. The number of rotatable bonds is 5. The highest BCUT2D eigenvalue weighted by molar-refractivity contribution is 6.42. The Balaban J connectivity index is 1.69. The Hall–Kier alpha value is -4.01. The lowest BCUT2D eigenvalue weighted by molar-refractivity contribution is -0.133. The molecule has 0 radical (unpaired) electrons. The van der Waals surface area contributed by atoms with Crippen LogP contribution in [-0.4, -0.2) is 29.5 Å². The number of aryl methyl sites for hydroxylation is 1. The summed E-state index contributed by atoms with van der Waals surface area (Å²) >= 11 is 12.1. The summed E-state index contributed by atoms with van der Waals surface area (Å²) in [6, 6.07) is 16.8. The van der Waals surface area contributed by atoms with Gasteiger partial charge in [0.05, 0.1) is 7.11 Å². The number of halogens is 2. The molecule has 0 atom stereocenters. The number of carbonyl (C=O) groups excluding carboxylic acids is 3. The van der Waals surface area contributed by atoms with Crippen LogP contribution >= 0.6 is 23.2 Å². The molecular weight excluding hydrogens is 503 g/mol. The minimum Gasteiger partial charge on any atom is -0.494 e. The molecule has 0 aliphatic heterocycles. The standard InChI is InChI=1S/C26H22Cl2N4O4/c1-14-6-4-8-20(15(14)2)30-25(34)26(35)31-32-21(10-16-7-5-9-22(36-3)23(16)32)24(33)29-19-12-17(27)11-18(28)13-19/h4-13H,1-3H3,(H,29,33)(H,30,34)(H,31,35). The SMILES string of the molecule is COc1cccc2cc(C(=O)Nc3cc(Cl)cc(Cl)c3)n(NC(=O)C(=O)Nc3cccc(C)c3C)c12. The van der Waals surface area contributed by atoms with E-state index >= 15 is 0 Å². The first kappa shape index (κ1) is 25.1. The van der Waals surface area contributed by atoms with E-state index < -0.39 is 17.7 Å². The Morgan fingerprint density at radius 1 is 0.861 bits per heavy atom. The highest BCUT2D eigenvalue weighted by atomic mass is 35.5. The van der Waals surface area contributed by atoms with Crippen LogP contribution < -0.4 is 20.8 Å².